The Balaban J connectivity index is 0.000000147. The van der Waals surface area contributed by atoms with Crippen LogP contribution in [0.1, 0.15) is 33.4 Å². The summed E-state index contributed by atoms with van der Waals surface area (Å²) < 4.78 is 47.6. The van der Waals surface area contributed by atoms with Gasteiger partial charge in [0.1, 0.15) is 23.9 Å². The van der Waals surface area contributed by atoms with E-state index in [4.69, 9.17) is 45.0 Å². The molecule has 0 saturated carbocycles. The van der Waals surface area contributed by atoms with Crippen molar-refractivity contribution in [1.82, 2.24) is 15.3 Å². The summed E-state index contributed by atoms with van der Waals surface area (Å²) in [4.78, 5) is 23.4. The molecule has 0 amide bonds. The van der Waals surface area contributed by atoms with E-state index in [1.807, 2.05) is 86.8 Å². The Bertz CT molecular complexity index is 7320. The topological polar surface area (TPSA) is 137 Å². The lowest BCUT2D eigenvalue weighted by Crippen LogP contribution is -2.34. The summed E-state index contributed by atoms with van der Waals surface area (Å²) >= 11 is 23.8. The smallest absolute Gasteiger partial charge is 0.339 e. The van der Waals surface area contributed by atoms with Crippen molar-refractivity contribution in [2.24, 2.45) is 0 Å². The van der Waals surface area contributed by atoms with Gasteiger partial charge in [-0.3, -0.25) is 14.3 Å². The zero-order valence-electron chi connectivity index (χ0n) is 78.5. The molecule has 0 unspecified atom stereocenters. The predicted octanol–water partition coefficient (Wildman–Crippen LogP) is 31.3. The van der Waals surface area contributed by atoms with Crippen LogP contribution in [0.25, 0.3) is 166 Å². The number of nitrogens with zero attached hydrogens (tertiary/aromatic N) is 3. The second-order valence-corrected chi connectivity index (χ2v) is 41.3. The Labute approximate surface area is 824 Å². The molecule has 2 N–H and O–H groups in total. The highest BCUT2D eigenvalue weighted by Gasteiger charge is 2.33. The zero-order chi connectivity index (χ0) is 96.0. The highest BCUT2D eigenvalue weighted by Crippen LogP contribution is 2.61. The molecule has 0 spiro atoms. The number of anilines is 1. The number of pyridine rings is 3. The van der Waals surface area contributed by atoms with E-state index in [1.54, 1.807) is 42.7 Å². The lowest BCUT2D eigenvalue weighted by Gasteiger charge is -2.18. The lowest BCUT2D eigenvalue weighted by atomic mass is 9.91. The summed E-state index contributed by atoms with van der Waals surface area (Å²) in [5, 5.41) is 7.40. The molecule has 19 rings (SSSR count). The molecule has 0 fully saturated rings. The molecule has 136 heavy (non-hydrogen) atoms. The molecule has 1 aliphatic rings. The van der Waals surface area contributed by atoms with Crippen LogP contribution in [-0.2, 0) is 11.1 Å². The van der Waals surface area contributed by atoms with Gasteiger partial charge in [0.2, 0.25) is 0 Å². The number of hydrogen-bond acceptors (Lipinski definition) is 11. The third kappa shape index (κ3) is 22.4. The number of benzene rings is 15. The van der Waals surface area contributed by atoms with Crippen molar-refractivity contribution in [3.63, 3.8) is 0 Å². The number of nitrogens with one attached hydrogen (secondary N) is 2. The van der Waals surface area contributed by atoms with Gasteiger partial charge in [-0.2, -0.15) is 0 Å². The fourth-order valence-electron chi connectivity index (χ4n) is 17.4. The quantitative estimate of drug-likeness (QED) is 0.0326. The predicted molar refractivity (Wildman–Crippen MR) is 575 cm³/mol. The van der Waals surface area contributed by atoms with Gasteiger partial charge < -0.3 is 38.7 Å². The van der Waals surface area contributed by atoms with Crippen LogP contribution in [0.2, 0.25) is 5.15 Å². The minimum atomic E-state index is -3.22. The number of alkyl halides is 1. The highest BCUT2D eigenvalue weighted by atomic mass is 79.9. The summed E-state index contributed by atoms with van der Waals surface area (Å²) in [6.45, 7) is 15.6. The molecule has 686 valence electrons. The van der Waals surface area contributed by atoms with Crippen LogP contribution in [0.5, 0.6) is 34.5 Å². The van der Waals surface area contributed by atoms with Gasteiger partial charge in [-0.1, -0.05) is 228 Å². The molecule has 3 aromatic heterocycles. The van der Waals surface area contributed by atoms with E-state index in [1.165, 1.54) is 55.7 Å². The zero-order valence-corrected chi connectivity index (χ0v) is 84.0. The van der Waals surface area contributed by atoms with Crippen molar-refractivity contribution < 1.29 is 37.6 Å². The average molecular weight is 1960 g/mol. The molecule has 4 heterocycles. The minimum Gasteiger partial charge on any atom is -0.493 e. The molecule has 0 atom stereocenters. The Kier molecular flexibility index (Phi) is 31.5. The summed E-state index contributed by atoms with van der Waals surface area (Å²) in [6.07, 6.45) is 0. The number of methoxy groups -OCH3 is 6. The van der Waals surface area contributed by atoms with Crippen LogP contribution in [0.15, 0.2) is 332 Å². The van der Waals surface area contributed by atoms with Crippen LogP contribution in [0, 0.1) is 41.5 Å². The van der Waals surface area contributed by atoms with Crippen molar-refractivity contribution in [3.8, 4) is 168 Å². The summed E-state index contributed by atoms with van der Waals surface area (Å²) in [5.74, 6) is 5.22. The number of fused-ring (bicyclic) bond motifs is 5. The Morgan fingerprint density at radius 2 is 0.684 bits per heavy atom. The molecular formula is C117H106BrCl4N5O8P+. The molecule has 1 aliphatic heterocycles. The molecule has 19 heteroatoms. The van der Waals surface area contributed by atoms with Crippen molar-refractivity contribution >= 4 is 105 Å². The van der Waals surface area contributed by atoms with Crippen LogP contribution in [0.3, 0.4) is 0 Å². The number of aromatic nitrogens is 3. The van der Waals surface area contributed by atoms with Crippen LogP contribution in [-0.4, -0.2) is 85.1 Å². The third-order valence-electron chi connectivity index (χ3n) is 24.7. The highest BCUT2D eigenvalue weighted by molar-refractivity contribution is 9.09. The standard InChI is InChI=1S/C40H37N2O2.C37H30ClNO2.C37H31NO3.C3H8BrN.Cl3OP/c1-26-18-32-24-37(42-17-16-41(3)40(42)36(32)19-27(26)2)34-23-35(39(44-5)38(25-34)43-4)33-21-30(28-12-8-6-9-13-28)20-31(22-33)29-14-10-7-11-15-29;1-23-15-29-21-34(39-37(38)33(29)16-24(23)2)31-20-32(36(41-4)35(22-31)40-3)30-18-27(25-11-7-5-8-12-25)17-28(19-30)26-13-9-6-10-14-26;1-23-15-29-21-34(38-37(39)33(29)16-24(23)2)31-20-32(36(41-4)35(22-31)40-3)30-18-27(25-11-7-5-8-12-25)17-28(19-30)26-13-9-6-10-14-26;1-5-3-2-4;1-5(2,3)4/h6-15,18-25H,16-17H2,1-5H3;5-22H,1-4H3;5-22H,1-4H3,(H,38,39);5H,2-3H2,1H3;/q+1;;;;. The number of H-pyrrole nitrogens is 1. The Hall–Kier alpha value is -13.2. The molecule has 0 radical (unpaired) electrons. The maximum Gasteiger partial charge on any atom is 0.339 e. The molecule has 18 aromatic rings. The largest absolute Gasteiger partial charge is 0.493 e. The van der Waals surface area contributed by atoms with Gasteiger partial charge >= 0.3 is 5.20 Å². The Morgan fingerprint density at radius 1 is 0.375 bits per heavy atom. The van der Waals surface area contributed by atoms with E-state index in [9.17, 15) is 9.36 Å². The van der Waals surface area contributed by atoms with Gasteiger partial charge in [0, 0.05) is 61.7 Å². The fraction of sp³-hybridized carbons (Fsp3) is 0.154. The van der Waals surface area contributed by atoms with E-state index in [-0.39, 0.29) is 5.56 Å². The summed E-state index contributed by atoms with van der Waals surface area (Å²) in [5.41, 5.74) is 32.1. The maximum atomic E-state index is 13.2. The van der Waals surface area contributed by atoms with Crippen molar-refractivity contribution in [2.75, 3.05) is 80.1 Å². The van der Waals surface area contributed by atoms with Gasteiger partial charge in [-0.25, -0.2) is 9.55 Å². The van der Waals surface area contributed by atoms with E-state index in [0.717, 1.165) is 175 Å². The number of halogens is 5. The summed E-state index contributed by atoms with van der Waals surface area (Å²) in [7, 11) is 14.2. The fourth-order valence-corrected chi connectivity index (χ4v) is 18.1. The van der Waals surface area contributed by atoms with Crippen molar-refractivity contribution in [3.05, 3.63) is 376 Å². The average Bonchev–Trinajstić information content (AvgIpc) is 1.69. The summed E-state index contributed by atoms with van der Waals surface area (Å²) in [6, 6.07) is 115. The third-order valence-corrected chi connectivity index (χ3v) is 25.4. The Morgan fingerprint density at radius 3 is 1.03 bits per heavy atom. The first kappa shape index (κ1) is 97.3. The van der Waals surface area contributed by atoms with Crippen molar-refractivity contribution in [1.29, 1.82) is 0 Å². The number of aryl methyl sites for hydroxylation is 6. The second kappa shape index (κ2) is 44.1. The first-order valence-corrected chi connectivity index (χ1v) is 50.6. The van der Waals surface area contributed by atoms with Gasteiger partial charge in [-0.05, 0) is 343 Å². The number of ether oxygens (including phenoxy) is 6. The van der Waals surface area contributed by atoms with Gasteiger partial charge in [0.15, 0.2) is 34.5 Å². The number of rotatable bonds is 20. The van der Waals surface area contributed by atoms with E-state index in [0.29, 0.717) is 39.3 Å². The van der Waals surface area contributed by atoms with E-state index < -0.39 is 5.20 Å². The monoisotopic (exact) mass is 1960 g/mol. The maximum absolute atomic E-state index is 13.2. The van der Waals surface area contributed by atoms with Gasteiger partial charge in [-0.15, -0.1) is 0 Å². The lowest BCUT2D eigenvalue weighted by molar-refractivity contribution is -0.658. The van der Waals surface area contributed by atoms with E-state index >= 15 is 0 Å². The molecule has 0 bridgehead atoms. The van der Waals surface area contributed by atoms with Crippen LogP contribution >= 0.6 is 66.5 Å². The van der Waals surface area contributed by atoms with Crippen LogP contribution < -0.4 is 48.8 Å². The molecule has 15 aromatic carbocycles. The second-order valence-electron chi connectivity index (χ2n) is 33.5. The molecule has 13 nitrogen and oxygen atoms in total. The molecule has 0 saturated heterocycles. The number of likely N-dealkylation sites (N-methyl/N-ethyl adjacent to an activating group) is 1. The van der Waals surface area contributed by atoms with Crippen molar-refractivity contribution in [2.45, 2.75) is 48.1 Å². The number of hydrogen-bond donors (Lipinski definition) is 2. The molecule has 0 aliphatic carbocycles. The van der Waals surface area contributed by atoms with E-state index in [2.05, 4.69) is 366 Å². The van der Waals surface area contributed by atoms with Gasteiger partial charge in [0.05, 0.1) is 60.8 Å². The molecular weight excluding hydrogens is 1860 g/mol. The number of aromatic amines is 1. The first-order chi connectivity index (χ1) is 65.7. The SMILES string of the molecule is CNCCBr.COc1cc(-c2cc3cc(C)c(C)cc3c(=O)[nH]2)cc(-c2cc(-c3ccccc3)cc(-c3ccccc3)c2)c1OC.COc1cc(-c2cc3cc(C)c(C)cc3c(Cl)n2)cc(-c2cc(-c3ccccc3)cc(-c3ccccc3)c2)c1OC.COc1cc(-c2cc3cc(C)c(C)cc3c3[n+]2CCN3C)cc(-c2cc(-c3ccccc3)cc(-c3ccccc3)c2)c1OC.O=P(Cl)(Cl)Cl. The normalized spacial score (nSPS) is 11.4. The first-order valence-electron chi connectivity index (χ1n) is 44.6. The van der Waals surface area contributed by atoms with Gasteiger partial charge in [0.25, 0.3) is 11.4 Å². The van der Waals surface area contributed by atoms with Crippen LogP contribution in [0.4, 0.5) is 5.82 Å². The minimum absolute atomic E-state index is 0.116.